The van der Waals surface area contributed by atoms with Crippen molar-refractivity contribution in [3.05, 3.63) is 40.9 Å². The first-order valence-corrected chi connectivity index (χ1v) is 13.4. The van der Waals surface area contributed by atoms with Gasteiger partial charge in [0.25, 0.3) is 0 Å². The molecule has 0 spiro atoms. The van der Waals surface area contributed by atoms with Crippen molar-refractivity contribution in [3.63, 3.8) is 0 Å². The molecule has 2 aliphatic rings. The molecule has 1 aromatic rings. The Hall–Kier alpha value is -1.31. The van der Waals surface area contributed by atoms with E-state index < -0.39 is 0 Å². The second kappa shape index (κ2) is 15.1. The van der Waals surface area contributed by atoms with Crippen LogP contribution in [0.2, 0.25) is 5.02 Å². The van der Waals surface area contributed by atoms with E-state index in [1.165, 1.54) is 7.11 Å². The highest BCUT2D eigenvalue weighted by atomic mass is 35.5. The molecule has 1 saturated carbocycles. The summed E-state index contributed by atoms with van der Waals surface area (Å²) < 4.78 is 28.4. The van der Waals surface area contributed by atoms with Crippen molar-refractivity contribution in [3.8, 4) is 5.75 Å². The van der Waals surface area contributed by atoms with Crippen LogP contribution in [0.15, 0.2) is 30.4 Å². The molecule has 1 heterocycles. The number of esters is 1. The summed E-state index contributed by atoms with van der Waals surface area (Å²) in [5.74, 6) is 0.867. The molecule has 1 unspecified atom stereocenters. The number of benzene rings is 1. The topological polar surface area (TPSA) is 63.2 Å². The summed E-state index contributed by atoms with van der Waals surface area (Å²) in [6, 6.07) is 5.66. The number of allylic oxidation sites excluding steroid dienone is 2. The normalized spacial score (nSPS) is 26.8. The van der Waals surface area contributed by atoms with E-state index in [1.54, 1.807) is 7.11 Å². The minimum atomic E-state index is -0.174. The van der Waals surface area contributed by atoms with Crippen LogP contribution in [0.4, 0.5) is 0 Å². The second-order valence-corrected chi connectivity index (χ2v) is 10.3. The molecular formula is C27H38Cl2O6. The van der Waals surface area contributed by atoms with E-state index in [1.807, 2.05) is 18.2 Å². The summed E-state index contributed by atoms with van der Waals surface area (Å²) in [4.78, 5) is 11.3. The number of methoxy groups -OCH3 is 2. The Bertz CT molecular complexity index is 811. The third-order valence-electron chi connectivity index (χ3n) is 6.65. The number of halogens is 2. The van der Waals surface area contributed by atoms with Crippen molar-refractivity contribution in [1.29, 1.82) is 0 Å². The highest BCUT2D eigenvalue weighted by Crippen LogP contribution is 2.41. The summed E-state index contributed by atoms with van der Waals surface area (Å²) >= 11 is 13.1. The highest BCUT2D eigenvalue weighted by molar-refractivity contribution is 6.30. The average Bonchev–Trinajstić information content (AvgIpc) is 3.13. The van der Waals surface area contributed by atoms with Gasteiger partial charge in [-0.25, -0.2) is 0 Å². The van der Waals surface area contributed by atoms with Crippen LogP contribution in [0.1, 0.15) is 56.9 Å². The zero-order valence-corrected chi connectivity index (χ0v) is 22.3. The number of unbranched alkanes of at least 4 members (excludes halogenated alkanes) is 1. The van der Waals surface area contributed by atoms with Crippen LogP contribution in [-0.2, 0) is 30.3 Å². The molecule has 3 rings (SSSR count). The van der Waals surface area contributed by atoms with Gasteiger partial charge in [-0.2, -0.15) is 0 Å². The van der Waals surface area contributed by atoms with E-state index >= 15 is 0 Å². The summed E-state index contributed by atoms with van der Waals surface area (Å²) in [5.41, 5.74) is 0.964. The molecule has 6 nitrogen and oxygen atoms in total. The number of carbonyl (C=O) groups excluding carboxylic acids is 1. The highest BCUT2D eigenvalue weighted by Gasteiger charge is 2.44. The van der Waals surface area contributed by atoms with Crippen LogP contribution in [0.25, 0.3) is 0 Å². The Morgan fingerprint density at radius 3 is 2.77 bits per heavy atom. The average molecular weight is 530 g/mol. The van der Waals surface area contributed by atoms with Gasteiger partial charge in [0.1, 0.15) is 5.75 Å². The minimum Gasteiger partial charge on any atom is -0.493 e. The smallest absolute Gasteiger partial charge is 0.305 e. The third kappa shape index (κ3) is 9.25. The zero-order valence-electron chi connectivity index (χ0n) is 20.8. The maximum absolute atomic E-state index is 11.3. The van der Waals surface area contributed by atoms with E-state index in [0.29, 0.717) is 30.4 Å². The Morgan fingerprint density at radius 1 is 1.17 bits per heavy atom. The van der Waals surface area contributed by atoms with Gasteiger partial charge in [0.2, 0.25) is 0 Å². The lowest BCUT2D eigenvalue weighted by atomic mass is 9.91. The van der Waals surface area contributed by atoms with Gasteiger partial charge < -0.3 is 23.7 Å². The van der Waals surface area contributed by atoms with Crippen molar-refractivity contribution in [2.24, 2.45) is 11.8 Å². The van der Waals surface area contributed by atoms with Gasteiger partial charge in [-0.15, -0.1) is 11.6 Å². The molecule has 0 aromatic heterocycles. The molecule has 5 atom stereocenters. The first-order chi connectivity index (χ1) is 17.0. The first-order valence-electron chi connectivity index (χ1n) is 12.5. The standard InChI is InChI=1S/C27H38Cl2O6/c1-31-17-19-13-20(28)15-21(14-19)34-18-23-22(9-5-3-4-6-10-26(30)32-2)24(29)16-25(23)35-27-11-7-8-12-33-27/h3,5,13-15,22-25,27H,4,6-12,16-18H2,1-2H3/b5-3-/t22-,23-,24-,25-,27?/m1/s1. The van der Waals surface area contributed by atoms with Crippen molar-refractivity contribution >= 4 is 29.2 Å². The van der Waals surface area contributed by atoms with Gasteiger partial charge >= 0.3 is 5.97 Å². The number of alkyl halides is 1. The lowest BCUT2D eigenvalue weighted by Gasteiger charge is -2.30. The third-order valence-corrected chi connectivity index (χ3v) is 7.37. The van der Waals surface area contributed by atoms with E-state index in [0.717, 1.165) is 57.1 Å². The fraction of sp³-hybridized carbons (Fsp3) is 0.667. The number of hydrogen-bond donors (Lipinski definition) is 0. The molecule has 0 bridgehead atoms. The Kier molecular flexibility index (Phi) is 12.2. The predicted octanol–water partition coefficient (Wildman–Crippen LogP) is 6.31. The zero-order chi connectivity index (χ0) is 25.0. The number of hydrogen-bond acceptors (Lipinski definition) is 6. The quantitative estimate of drug-likeness (QED) is 0.129. The molecule has 1 aliphatic carbocycles. The largest absolute Gasteiger partial charge is 0.493 e. The second-order valence-electron chi connectivity index (χ2n) is 9.26. The van der Waals surface area contributed by atoms with Crippen molar-refractivity contribution < 1.29 is 28.5 Å². The van der Waals surface area contributed by atoms with E-state index in [-0.39, 0.29) is 35.6 Å². The molecular weight excluding hydrogens is 491 g/mol. The van der Waals surface area contributed by atoms with Gasteiger partial charge in [0.05, 0.1) is 26.4 Å². The summed E-state index contributed by atoms with van der Waals surface area (Å²) in [5, 5.41) is 0.603. The monoisotopic (exact) mass is 528 g/mol. The van der Waals surface area contributed by atoms with Crippen LogP contribution >= 0.6 is 23.2 Å². The number of rotatable bonds is 13. The fourth-order valence-corrected chi connectivity index (χ4v) is 5.54. The van der Waals surface area contributed by atoms with Crippen molar-refractivity contribution in [2.45, 2.75) is 75.7 Å². The molecule has 0 radical (unpaired) electrons. The van der Waals surface area contributed by atoms with Crippen molar-refractivity contribution in [2.75, 3.05) is 27.4 Å². The Morgan fingerprint density at radius 2 is 2.03 bits per heavy atom. The van der Waals surface area contributed by atoms with Gasteiger partial charge in [-0.3, -0.25) is 4.79 Å². The van der Waals surface area contributed by atoms with Crippen LogP contribution in [0.5, 0.6) is 5.75 Å². The molecule has 8 heteroatoms. The molecule has 0 N–H and O–H groups in total. The number of carbonyl (C=O) groups is 1. The Labute approximate surface area is 219 Å². The maximum atomic E-state index is 11.3. The van der Waals surface area contributed by atoms with Crippen LogP contribution < -0.4 is 4.74 Å². The predicted molar refractivity (Wildman–Crippen MR) is 137 cm³/mol. The van der Waals surface area contributed by atoms with Gasteiger partial charge in [0.15, 0.2) is 6.29 Å². The lowest BCUT2D eigenvalue weighted by Crippen LogP contribution is -2.34. The van der Waals surface area contributed by atoms with Gasteiger partial charge in [0, 0.05) is 36.5 Å². The molecule has 1 aliphatic heterocycles. The first kappa shape index (κ1) is 28.3. The molecule has 196 valence electrons. The fourth-order valence-electron chi connectivity index (χ4n) is 4.82. The van der Waals surface area contributed by atoms with E-state index in [9.17, 15) is 4.79 Å². The van der Waals surface area contributed by atoms with E-state index in [4.69, 9.17) is 46.9 Å². The van der Waals surface area contributed by atoms with Crippen molar-refractivity contribution in [1.82, 2.24) is 0 Å². The van der Waals surface area contributed by atoms with Crippen LogP contribution in [0.3, 0.4) is 0 Å². The van der Waals surface area contributed by atoms with E-state index in [2.05, 4.69) is 12.2 Å². The minimum absolute atomic E-state index is 0.0136. The lowest BCUT2D eigenvalue weighted by molar-refractivity contribution is -0.197. The molecule has 2 fully saturated rings. The SMILES string of the molecule is COCc1cc(Cl)cc(OC[C@@H]2[C@@H](C/C=C\CCCC(=O)OC)[C@H](Cl)C[C@H]2OC2CCCCO2)c1. The Balaban J connectivity index is 1.63. The summed E-state index contributed by atoms with van der Waals surface area (Å²) in [7, 11) is 3.07. The van der Waals surface area contributed by atoms with Gasteiger partial charge in [-0.05, 0) is 74.6 Å². The summed E-state index contributed by atoms with van der Waals surface area (Å²) in [6.45, 7) is 1.69. The van der Waals surface area contributed by atoms with Gasteiger partial charge in [-0.1, -0.05) is 23.8 Å². The summed E-state index contributed by atoms with van der Waals surface area (Å²) in [6.07, 6.45) is 10.8. The van der Waals surface area contributed by atoms with Crippen LogP contribution in [0, 0.1) is 11.8 Å². The maximum Gasteiger partial charge on any atom is 0.305 e. The molecule has 1 saturated heterocycles. The number of ether oxygens (including phenoxy) is 5. The molecule has 1 aromatic carbocycles. The van der Waals surface area contributed by atoms with Crippen LogP contribution in [-0.4, -0.2) is 51.2 Å². The molecule has 0 amide bonds. The molecule has 35 heavy (non-hydrogen) atoms.